The van der Waals surface area contributed by atoms with Crippen LogP contribution in [0.15, 0.2) is 64.7 Å². The molecule has 25 heavy (non-hydrogen) atoms. The van der Waals surface area contributed by atoms with Gasteiger partial charge in [0, 0.05) is 12.1 Å². The molecule has 0 saturated heterocycles. The third-order valence-electron chi connectivity index (χ3n) is 5.45. The Hall–Kier alpha value is -2.42. The van der Waals surface area contributed by atoms with Crippen LogP contribution in [0.5, 0.6) is 5.75 Å². The number of hydrogen-bond donors (Lipinski definition) is 2. The molecule has 4 rings (SSSR count). The Morgan fingerprint density at radius 3 is 2.76 bits per heavy atom. The molecule has 1 fully saturated rings. The van der Waals surface area contributed by atoms with Gasteiger partial charge in [0.15, 0.2) is 0 Å². The number of aryl methyl sites for hydroxylation is 1. The molecule has 1 aromatic carbocycles. The fraction of sp³-hybridized carbons (Fsp3) is 0.364. The zero-order valence-corrected chi connectivity index (χ0v) is 14.9. The van der Waals surface area contributed by atoms with Crippen molar-refractivity contribution < 1.29 is 9.84 Å². The van der Waals surface area contributed by atoms with Gasteiger partial charge >= 0.3 is 0 Å². The van der Waals surface area contributed by atoms with Crippen molar-refractivity contribution in [3.63, 3.8) is 0 Å². The Balaban J connectivity index is 1.67. The molecule has 0 aliphatic heterocycles. The number of nitrogens with two attached hydrogens (primary N) is 1. The standard InChI is InChI=1S/C22H25NO2/c1-13-10-20(13)22(25-21-8-6-18(23)9-14(21)2)17-4-3-16-12-19(24)7-5-15(16)11-17/h5-9,11,13,16,24H,3-4,10,12,23H2,1-2H3/b22-20+. The summed E-state index contributed by atoms with van der Waals surface area (Å²) in [5.41, 5.74) is 11.7. The summed E-state index contributed by atoms with van der Waals surface area (Å²) in [6, 6.07) is 5.81. The maximum absolute atomic E-state index is 9.76. The predicted molar refractivity (Wildman–Crippen MR) is 101 cm³/mol. The second kappa shape index (κ2) is 6.14. The van der Waals surface area contributed by atoms with E-state index in [1.165, 1.54) is 16.7 Å². The first-order valence-electron chi connectivity index (χ1n) is 9.09. The van der Waals surface area contributed by atoms with Crippen LogP contribution in [0.25, 0.3) is 0 Å². The summed E-state index contributed by atoms with van der Waals surface area (Å²) in [5, 5.41) is 9.76. The molecule has 130 valence electrons. The normalized spacial score (nSPS) is 26.9. The van der Waals surface area contributed by atoms with E-state index in [-0.39, 0.29) is 0 Å². The highest BCUT2D eigenvalue weighted by Gasteiger charge is 2.33. The fourth-order valence-corrected chi connectivity index (χ4v) is 3.81. The Kier molecular flexibility index (Phi) is 3.95. The van der Waals surface area contributed by atoms with Gasteiger partial charge < -0.3 is 15.6 Å². The van der Waals surface area contributed by atoms with E-state index < -0.39 is 0 Å². The lowest BCUT2D eigenvalue weighted by Crippen LogP contribution is -2.15. The minimum atomic E-state index is 0.440. The van der Waals surface area contributed by atoms with Gasteiger partial charge in [0.05, 0.1) is 5.76 Å². The Morgan fingerprint density at radius 1 is 1.24 bits per heavy atom. The van der Waals surface area contributed by atoms with E-state index in [9.17, 15) is 5.11 Å². The van der Waals surface area contributed by atoms with Gasteiger partial charge in [0.1, 0.15) is 11.5 Å². The Morgan fingerprint density at radius 2 is 2.04 bits per heavy atom. The van der Waals surface area contributed by atoms with Gasteiger partial charge in [-0.3, -0.25) is 0 Å². The topological polar surface area (TPSA) is 55.5 Å². The number of anilines is 1. The van der Waals surface area contributed by atoms with E-state index >= 15 is 0 Å². The molecule has 1 aromatic rings. The van der Waals surface area contributed by atoms with Crippen LogP contribution in [-0.2, 0) is 0 Å². The number of aliphatic hydroxyl groups excluding tert-OH is 1. The highest BCUT2D eigenvalue weighted by Crippen LogP contribution is 2.46. The zero-order chi connectivity index (χ0) is 17.6. The molecule has 0 amide bonds. The Bertz CT molecular complexity index is 842. The summed E-state index contributed by atoms with van der Waals surface area (Å²) >= 11 is 0. The van der Waals surface area contributed by atoms with E-state index in [2.05, 4.69) is 19.1 Å². The summed E-state index contributed by atoms with van der Waals surface area (Å²) in [7, 11) is 0. The number of ether oxygens (including phenoxy) is 1. The lowest BCUT2D eigenvalue weighted by molar-refractivity contribution is 0.349. The molecule has 3 heteroatoms. The first-order valence-corrected chi connectivity index (χ1v) is 9.09. The molecular weight excluding hydrogens is 310 g/mol. The molecule has 2 unspecified atom stereocenters. The smallest absolute Gasteiger partial charge is 0.130 e. The molecule has 0 heterocycles. The van der Waals surface area contributed by atoms with Crippen molar-refractivity contribution >= 4 is 5.69 Å². The number of nitrogen functional groups attached to an aromatic ring is 1. The fourth-order valence-electron chi connectivity index (χ4n) is 3.81. The van der Waals surface area contributed by atoms with Crippen LogP contribution in [0.2, 0.25) is 0 Å². The number of aliphatic hydroxyl groups is 1. The SMILES string of the molecule is Cc1cc(N)ccc1O/C(C1=CC2=CC=C(O)CC2CC1)=C1\CC1C. The van der Waals surface area contributed by atoms with Gasteiger partial charge in [-0.05, 0) is 84.6 Å². The van der Waals surface area contributed by atoms with Crippen molar-refractivity contribution in [3.8, 4) is 5.75 Å². The Labute approximate surface area is 149 Å². The number of allylic oxidation sites excluding steroid dienone is 7. The maximum atomic E-state index is 9.76. The number of benzene rings is 1. The van der Waals surface area contributed by atoms with Gasteiger partial charge in [0.2, 0.25) is 0 Å². The summed E-state index contributed by atoms with van der Waals surface area (Å²) in [6.07, 6.45) is 10.1. The number of hydrogen-bond acceptors (Lipinski definition) is 3. The first-order chi connectivity index (χ1) is 12.0. The molecule has 2 atom stereocenters. The van der Waals surface area contributed by atoms with Crippen LogP contribution in [0, 0.1) is 18.8 Å². The summed E-state index contributed by atoms with van der Waals surface area (Å²) < 4.78 is 6.40. The van der Waals surface area contributed by atoms with Crippen molar-refractivity contribution in [1.29, 1.82) is 0 Å². The highest BCUT2D eigenvalue weighted by atomic mass is 16.5. The average molecular weight is 335 g/mol. The van der Waals surface area contributed by atoms with Crippen LogP contribution in [0.1, 0.15) is 38.2 Å². The maximum Gasteiger partial charge on any atom is 0.130 e. The molecule has 0 spiro atoms. The van der Waals surface area contributed by atoms with Crippen LogP contribution in [0.4, 0.5) is 5.69 Å². The van der Waals surface area contributed by atoms with Gasteiger partial charge in [-0.15, -0.1) is 0 Å². The summed E-state index contributed by atoms with van der Waals surface area (Å²) in [4.78, 5) is 0. The largest absolute Gasteiger partial charge is 0.512 e. The molecule has 3 aliphatic rings. The second-order valence-corrected chi connectivity index (χ2v) is 7.52. The summed E-state index contributed by atoms with van der Waals surface area (Å²) in [5.74, 6) is 3.48. The molecule has 3 aliphatic carbocycles. The van der Waals surface area contributed by atoms with Crippen molar-refractivity contribution in [1.82, 2.24) is 0 Å². The van der Waals surface area contributed by atoms with E-state index in [4.69, 9.17) is 10.5 Å². The number of rotatable bonds is 3. The van der Waals surface area contributed by atoms with Crippen molar-refractivity contribution in [3.05, 3.63) is 70.2 Å². The third kappa shape index (κ3) is 3.23. The van der Waals surface area contributed by atoms with Crippen molar-refractivity contribution in [2.45, 2.75) is 39.5 Å². The predicted octanol–water partition coefficient (Wildman–Crippen LogP) is 5.36. The van der Waals surface area contributed by atoms with Crippen LogP contribution < -0.4 is 10.5 Å². The average Bonchev–Trinajstić information content (AvgIpc) is 3.30. The van der Waals surface area contributed by atoms with Crippen LogP contribution >= 0.6 is 0 Å². The minimum Gasteiger partial charge on any atom is -0.512 e. The first kappa shape index (κ1) is 16.1. The van der Waals surface area contributed by atoms with Crippen LogP contribution in [-0.4, -0.2) is 5.11 Å². The molecule has 3 nitrogen and oxygen atoms in total. The molecule has 0 aromatic heterocycles. The number of fused-ring (bicyclic) bond motifs is 1. The van der Waals surface area contributed by atoms with E-state index in [1.54, 1.807) is 0 Å². The van der Waals surface area contributed by atoms with Gasteiger partial charge in [-0.25, -0.2) is 0 Å². The zero-order valence-electron chi connectivity index (χ0n) is 14.9. The van der Waals surface area contributed by atoms with Crippen molar-refractivity contribution in [2.24, 2.45) is 11.8 Å². The molecule has 0 bridgehead atoms. The van der Waals surface area contributed by atoms with Crippen LogP contribution in [0.3, 0.4) is 0 Å². The van der Waals surface area contributed by atoms with Gasteiger partial charge in [0.25, 0.3) is 0 Å². The minimum absolute atomic E-state index is 0.440. The lowest BCUT2D eigenvalue weighted by Gasteiger charge is -2.28. The lowest BCUT2D eigenvalue weighted by atomic mass is 9.80. The quantitative estimate of drug-likeness (QED) is 0.577. The molecular formula is C22H25NO2. The van der Waals surface area contributed by atoms with E-state index in [0.29, 0.717) is 17.6 Å². The molecule has 3 N–H and O–H groups in total. The van der Waals surface area contributed by atoms with Crippen molar-refractivity contribution in [2.75, 3.05) is 5.73 Å². The van der Waals surface area contributed by atoms with E-state index in [1.807, 2.05) is 31.2 Å². The monoisotopic (exact) mass is 335 g/mol. The van der Waals surface area contributed by atoms with Gasteiger partial charge in [-0.1, -0.05) is 19.1 Å². The van der Waals surface area contributed by atoms with Gasteiger partial charge in [-0.2, -0.15) is 0 Å². The molecule has 1 saturated carbocycles. The molecule has 0 radical (unpaired) electrons. The second-order valence-electron chi connectivity index (χ2n) is 7.52. The third-order valence-corrected chi connectivity index (χ3v) is 5.45. The summed E-state index contributed by atoms with van der Waals surface area (Å²) in [6.45, 7) is 4.29. The van der Waals surface area contributed by atoms with E-state index in [0.717, 1.165) is 48.4 Å². The highest BCUT2D eigenvalue weighted by molar-refractivity contribution is 5.51.